The van der Waals surface area contributed by atoms with Gasteiger partial charge in [0.25, 0.3) is 22.2 Å². The first-order valence-electron chi connectivity index (χ1n) is 36.1. The molecule has 6 aliphatic rings. The van der Waals surface area contributed by atoms with Crippen LogP contribution in [0.5, 0.6) is 0 Å². The number of aromatic nitrogens is 16. The molecule has 25 atom stereocenters. The third-order valence-electron chi connectivity index (χ3n) is 20.0. The van der Waals surface area contributed by atoms with Gasteiger partial charge in [-0.15, -0.1) is 0 Å². The largest absolute Gasteiger partial charge is 0.472 e. The van der Waals surface area contributed by atoms with Crippen LogP contribution >= 0.6 is 55.0 Å². The van der Waals surface area contributed by atoms with Crippen molar-refractivity contribution in [2.24, 2.45) is 0 Å². The van der Waals surface area contributed by atoms with Gasteiger partial charge in [0, 0.05) is 81.9 Å². The van der Waals surface area contributed by atoms with Gasteiger partial charge in [-0.25, -0.2) is 71.9 Å². The van der Waals surface area contributed by atoms with Crippen molar-refractivity contribution in [1.82, 2.24) is 77.2 Å². The number of nitrogens with two attached hydrogens (primary N) is 2. The van der Waals surface area contributed by atoms with Crippen molar-refractivity contribution in [1.29, 1.82) is 0 Å². The minimum Gasteiger partial charge on any atom is -0.394 e. The smallest absolute Gasteiger partial charge is 0.394 e. The van der Waals surface area contributed by atoms with E-state index < -0.39 is 259 Å². The van der Waals surface area contributed by atoms with Gasteiger partial charge in [-0.3, -0.25) is 112 Å². The average molecular weight is 1890 g/mol. The number of hydrogen-bond donors (Lipinski definition) is 13. The lowest BCUT2D eigenvalue weighted by atomic mass is 10.1. The molecule has 0 bridgehead atoms. The standard InChI is InChI=1S/C60H76BrN18O38P5/c1-24-11-75(58(87)71-52(24)83)38-7-27(81)32(108-38)15-102-118(90,91)114-30-10-41(79-23-69-43-49(63)65-21-67-51(43)79)110-34(30)17-104-121(96,97)116-44-35(111-55(46(44)100-3)74-6-5-37(82)70-57(74)86)19-106-122(98,99)117-45-36(112-56(47(45)101-4)77-13-26(61)54(85)73-60(77)89)18-105-120(94,95)115-29-9-40(78-22-68-42-48(62)64-20-66-50(42)78)109-33(29)16-103-119(92,93)113-28-8-39(107-31(28)14-80)76-12-25(2)53(84)72-59(76)88/h5-6,11-13,20-23,27-36,38-41,44-47,55-56,80-81H,7-10,14-19H2,1-4H3,(H,90,91)(H,92,93)(H,94,95)(H,96,97)(H,98,99)(H2,62,64,66)(H2,63,65,67)(H,70,82,86)(H,71,83,87)(H,72,84,88)(H,73,85,89)/t27-,28-,29-,30-,31+,32+,33+,34+,35+,36+,38+,39+,40+,41+,44+,45+,46+,47+,55+,56+/m0/s1. The van der Waals surface area contributed by atoms with E-state index in [4.69, 9.17) is 94.6 Å². The molecule has 0 saturated carbocycles. The normalized spacial score (nSPS) is 30.6. The molecule has 0 aromatic carbocycles. The molecule has 8 aromatic heterocycles. The summed E-state index contributed by atoms with van der Waals surface area (Å²) in [5.74, 6) is -0.149. The van der Waals surface area contributed by atoms with E-state index in [1.165, 1.54) is 41.8 Å². The van der Waals surface area contributed by atoms with Gasteiger partial charge in [0.2, 0.25) is 0 Å². The number of methoxy groups -OCH3 is 2. The maximum Gasteiger partial charge on any atom is 0.472 e. The maximum absolute atomic E-state index is 14.7. The predicted octanol–water partition coefficient (Wildman–Crippen LogP) is -2.75. The van der Waals surface area contributed by atoms with Crippen molar-refractivity contribution in [3.8, 4) is 0 Å². The van der Waals surface area contributed by atoms with E-state index >= 15 is 0 Å². The lowest BCUT2D eigenvalue weighted by molar-refractivity contribution is -0.0676. The molecule has 0 radical (unpaired) electrons. The molecule has 62 heteroatoms. The van der Waals surface area contributed by atoms with Gasteiger partial charge < -0.3 is 84.0 Å². The van der Waals surface area contributed by atoms with E-state index in [9.17, 15) is 95.9 Å². The summed E-state index contributed by atoms with van der Waals surface area (Å²) in [4.78, 5) is 192. The first-order valence-corrected chi connectivity index (χ1v) is 44.3. The minimum atomic E-state index is -5.87. The number of imidazole rings is 2. The summed E-state index contributed by atoms with van der Waals surface area (Å²) in [5.41, 5.74) is 5.17. The zero-order chi connectivity index (χ0) is 87.6. The van der Waals surface area contributed by atoms with Gasteiger partial charge in [0.15, 0.2) is 35.4 Å². The Hall–Kier alpha value is -7.95. The quantitative estimate of drug-likeness (QED) is 0.0182. The number of nitrogens with zero attached hydrogens (tertiary/aromatic N) is 12. The van der Waals surface area contributed by atoms with E-state index in [0.29, 0.717) is 9.13 Å². The zero-order valence-corrected chi connectivity index (χ0v) is 69.3. The number of aliphatic hydroxyl groups excluding tert-OH is 2. The number of phosphoric ester groups is 5. The van der Waals surface area contributed by atoms with Gasteiger partial charge in [0.1, 0.15) is 128 Å². The number of aliphatic hydroxyl groups is 2. The topological polar surface area (TPSA) is 752 Å². The summed E-state index contributed by atoms with van der Waals surface area (Å²) in [7, 11) is -26.0. The second kappa shape index (κ2) is 36.2. The number of hydrogen-bond acceptors (Lipinski definition) is 41. The molecule has 6 aliphatic heterocycles. The summed E-state index contributed by atoms with van der Waals surface area (Å²) in [5, 5.41) is 21.1. The highest BCUT2D eigenvalue weighted by molar-refractivity contribution is 9.10. The van der Waals surface area contributed by atoms with E-state index in [2.05, 4.69) is 55.8 Å². The Morgan fingerprint density at radius 2 is 0.820 bits per heavy atom. The predicted molar refractivity (Wildman–Crippen MR) is 402 cm³/mol. The first kappa shape index (κ1) is 90.3. The molecule has 6 fully saturated rings. The van der Waals surface area contributed by atoms with Gasteiger partial charge >= 0.3 is 61.9 Å². The highest BCUT2D eigenvalue weighted by atomic mass is 79.9. The van der Waals surface area contributed by atoms with Crippen LogP contribution in [0.15, 0.2) is 99.0 Å². The molecule has 0 spiro atoms. The minimum absolute atomic E-state index is 0.0594. The molecule has 56 nitrogen and oxygen atoms in total. The number of nitrogens with one attached hydrogen (secondary N) is 4. The second-order valence-electron chi connectivity index (χ2n) is 27.9. The van der Waals surface area contributed by atoms with Crippen molar-refractivity contribution < 1.29 is 141 Å². The molecule has 666 valence electrons. The number of phosphoric acid groups is 5. The molecule has 14 heterocycles. The van der Waals surface area contributed by atoms with Crippen molar-refractivity contribution >= 4 is 89.0 Å². The zero-order valence-electron chi connectivity index (χ0n) is 63.2. The molecule has 6 saturated heterocycles. The summed E-state index contributed by atoms with van der Waals surface area (Å²) in [6.45, 7) is -3.52. The van der Waals surface area contributed by atoms with E-state index in [1.54, 1.807) is 0 Å². The number of aryl methyl sites for hydroxylation is 2. The third kappa shape index (κ3) is 19.8. The first-order chi connectivity index (χ1) is 57.7. The molecular weight excluding hydrogens is 1820 g/mol. The van der Waals surface area contributed by atoms with Gasteiger partial charge in [-0.1, -0.05) is 0 Å². The lowest BCUT2D eigenvalue weighted by Crippen LogP contribution is -2.41. The Labute approximate surface area is 686 Å². The van der Waals surface area contributed by atoms with Crippen LogP contribution in [0, 0.1) is 13.8 Å². The molecule has 5 unspecified atom stereocenters. The highest BCUT2D eigenvalue weighted by Gasteiger charge is 2.56. The molecule has 8 aromatic rings. The Morgan fingerprint density at radius 3 is 1.26 bits per heavy atom. The number of rotatable bonds is 34. The summed E-state index contributed by atoms with van der Waals surface area (Å²) in [6.07, 6.45) is -25.5. The molecule has 14 rings (SSSR count). The Bertz CT molecular complexity index is 6010. The van der Waals surface area contributed by atoms with Gasteiger partial charge in [-0.2, -0.15) is 0 Å². The third-order valence-corrected chi connectivity index (χ3v) is 25.6. The van der Waals surface area contributed by atoms with E-state index in [0.717, 1.165) is 60.7 Å². The molecule has 122 heavy (non-hydrogen) atoms. The van der Waals surface area contributed by atoms with Crippen molar-refractivity contribution in [3.05, 3.63) is 155 Å². The van der Waals surface area contributed by atoms with Crippen molar-refractivity contribution in [2.75, 3.05) is 65.3 Å². The Balaban J connectivity index is 0.685. The van der Waals surface area contributed by atoms with Crippen molar-refractivity contribution in [3.63, 3.8) is 0 Å². The van der Waals surface area contributed by atoms with Crippen LogP contribution in [-0.2, 0) is 106 Å². The number of halogens is 1. The van der Waals surface area contributed by atoms with Crippen molar-refractivity contribution in [2.45, 2.75) is 162 Å². The molecule has 15 N–H and O–H groups in total. The fraction of sp³-hybridized carbons (Fsp3) is 0.567. The second-order valence-corrected chi connectivity index (χ2v) is 35.8. The monoisotopic (exact) mass is 1890 g/mol. The highest BCUT2D eigenvalue weighted by Crippen LogP contribution is 2.57. The van der Waals surface area contributed by atoms with Crippen LogP contribution in [0.3, 0.4) is 0 Å². The summed E-state index contributed by atoms with van der Waals surface area (Å²) < 4.78 is 180. The van der Waals surface area contributed by atoms with Gasteiger partial charge in [0.05, 0.1) is 62.9 Å². The van der Waals surface area contributed by atoms with Crippen LogP contribution in [0.25, 0.3) is 22.3 Å². The number of fused-ring (bicyclic) bond motifs is 2. The lowest BCUT2D eigenvalue weighted by Gasteiger charge is -2.28. The maximum atomic E-state index is 14.7. The Kier molecular flexibility index (Phi) is 26.8. The van der Waals surface area contributed by atoms with Crippen LogP contribution in [0.4, 0.5) is 11.6 Å². The molecule has 0 aliphatic carbocycles. The molecule has 0 amide bonds. The number of nitrogen functional groups attached to an aromatic ring is 2. The number of H-pyrrole nitrogens is 4. The van der Waals surface area contributed by atoms with Crippen LogP contribution in [0.1, 0.15) is 74.2 Å². The van der Waals surface area contributed by atoms with Crippen LogP contribution in [0.2, 0.25) is 0 Å². The van der Waals surface area contributed by atoms with Crippen LogP contribution in [-0.4, -0.2) is 251 Å². The average Bonchev–Trinajstić information content (AvgIpc) is 1.64. The summed E-state index contributed by atoms with van der Waals surface area (Å²) in [6, 6.07) is 0.862. The molecular formula is C60H76BrN18O38P5. The van der Waals surface area contributed by atoms with Gasteiger partial charge in [-0.05, 0) is 29.8 Å². The summed E-state index contributed by atoms with van der Waals surface area (Å²) >= 11 is 3.01. The fourth-order valence-corrected chi connectivity index (χ4v) is 19.3. The van der Waals surface area contributed by atoms with E-state index in [-0.39, 0.29) is 62.4 Å². The fourth-order valence-electron chi connectivity index (χ4n) is 14.2. The van der Waals surface area contributed by atoms with Crippen LogP contribution < -0.4 is 56.5 Å². The van der Waals surface area contributed by atoms with E-state index in [1.807, 2.05) is 9.97 Å². The number of anilines is 2. The number of aromatic amines is 4. The number of ether oxygens (including phenoxy) is 8. The SMILES string of the molecule is CO[C@@H]1[C@H](OP(=O)(O)OC[C@H]2O[C@@H](n3cnc4c(N)ncnc43)C[C@@H]2OP(=O)(O)OC[C@H]2O[C@@H](n3cc(C)c(=O)[nH]c3=O)C[C@@H]2O)[C@@H](COP(=O)(O)O[C@H]2[C@@H](OC)[C@H](n3cc(Br)c(=O)[nH]c3=O)O[C@@H]2COP(=O)(O)O[C@H]2C[C@H](n3cnc4c(N)ncnc43)O[C@@H]2COP(=O)(O)O[C@H]2C[C@H](n3cc(C)c(=O)[nH]c3=O)O[C@@H]2CO)O[C@H]1n1ccc(=O)[nH]c1=O. The Morgan fingerprint density at radius 1 is 0.451 bits per heavy atom.